The molecule has 0 aliphatic heterocycles. The first-order valence-corrected chi connectivity index (χ1v) is 7.12. The van der Waals surface area contributed by atoms with Crippen LogP contribution < -0.4 is 0 Å². The number of fused-ring (bicyclic) bond motifs is 1. The second-order valence-corrected chi connectivity index (χ2v) is 5.48. The summed E-state index contributed by atoms with van der Waals surface area (Å²) < 4.78 is 0.285. The van der Waals surface area contributed by atoms with E-state index in [0.29, 0.717) is 0 Å². The first-order chi connectivity index (χ1) is 9.77. The molecule has 0 spiro atoms. The maximum absolute atomic E-state index is 6.16. The Labute approximate surface area is 128 Å². The van der Waals surface area contributed by atoms with Gasteiger partial charge in [-0.05, 0) is 21.9 Å². The second-order valence-electron chi connectivity index (χ2n) is 4.53. The van der Waals surface area contributed by atoms with Crippen molar-refractivity contribution in [1.82, 2.24) is 0 Å². The molecular weight excluding hydrogens is 287 g/mol. The smallest absolute Gasteiger partial charge is 0.0702 e. The van der Waals surface area contributed by atoms with Gasteiger partial charge in [0.15, 0.2) is 0 Å². The summed E-state index contributed by atoms with van der Waals surface area (Å²) in [6.45, 7) is 0. The van der Waals surface area contributed by atoms with Crippen LogP contribution in [0.3, 0.4) is 0 Å². The monoisotopic (exact) mass is 298 g/mol. The van der Waals surface area contributed by atoms with Crippen LogP contribution >= 0.6 is 23.2 Å². The number of rotatable bonds is 2. The van der Waals surface area contributed by atoms with Gasteiger partial charge in [0.1, 0.15) is 4.49 Å². The van der Waals surface area contributed by atoms with Gasteiger partial charge in [0.25, 0.3) is 0 Å². The molecule has 98 valence electrons. The van der Waals surface area contributed by atoms with Crippen molar-refractivity contribution in [2.75, 3.05) is 0 Å². The molecule has 0 amide bonds. The summed E-state index contributed by atoms with van der Waals surface area (Å²) in [4.78, 5) is 0. The van der Waals surface area contributed by atoms with E-state index in [9.17, 15) is 0 Å². The summed E-state index contributed by atoms with van der Waals surface area (Å²) in [6.07, 6.45) is 0. The van der Waals surface area contributed by atoms with Gasteiger partial charge in [-0.3, -0.25) is 0 Å². The highest BCUT2D eigenvalue weighted by Gasteiger charge is 2.12. The summed E-state index contributed by atoms with van der Waals surface area (Å²) in [5.41, 5.74) is 2.93. The van der Waals surface area contributed by atoms with E-state index in [1.54, 1.807) is 0 Å². The van der Waals surface area contributed by atoms with Crippen LogP contribution in [0, 0.1) is 0 Å². The fraction of sp³-hybridized carbons (Fsp3) is 0. The fourth-order valence-corrected chi connectivity index (χ4v) is 2.84. The summed E-state index contributed by atoms with van der Waals surface area (Å²) in [6, 6.07) is 24.4. The molecule has 0 saturated carbocycles. The minimum absolute atomic E-state index is 0.285. The molecule has 0 N–H and O–H groups in total. The number of hydrogen-bond acceptors (Lipinski definition) is 0. The van der Waals surface area contributed by atoms with E-state index in [4.69, 9.17) is 23.2 Å². The van der Waals surface area contributed by atoms with E-state index in [0.717, 1.165) is 22.1 Å². The predicted octanol–water partition coefficient (Wildman–Crippen LogP) is 6.03. The lowest BCUT2D eigenvalue weighted by Gasteiger charge is -2.12. The summed E-state index contributed by atoms with van der Waals surface area (Å²) >= 11 is 12.3. The van der Waals surface area contributed by atoms with E-state index in [1.807, 2.05) is 48.5 Å². The van der Waals surface area contributed by atoms with E-state index in [-0.39, 0.29) is 4.49 Å². The summed E-state index contributed by atoms with van der Waals surface area (Å²) in [5, 5.41) is 2.32. The van der Waals surface area contributed by atoms with Crippen LogP contribution in [0.25, 0.3) is 16.3 Å². The lowest BCUT2D eigenvalue weighted by molar-refractivity contribution is 1.58. The van der Waals surface area contributed by atoms with Gasteiger partial charge in [-0.15, -0.1) is 0 Å². The maximum atomic E-state index is 6.16. The van der Waals surface area contributed by atoms with E-state index < -0.39 is 0 Å². The Morgan fingerprint density at radius 1 is 0.650 bits per heavy atom. The van der Waals surface area contributed by atoms with Crippen LogP contribution in [0.2, 0.25) is 0 Å². The molecule has 3 aromatic rings. The van der Waals surface area contributed by atoms with E-state index in [2.05, 4.69) is 24.3 Å². The molecule has 0 aromatic heterocycles. The highest BCUT2D eigenvalue weighted by Crippen LogP contribution is 2.34. The lowest BCUT2D eigenvalue weighted by Crippen LogP contribution is -1.90. The molecule has 20 heavy (non-hydrogen) atoms. The molecule has 0 radical (unpaired) electrons. The van der Waals surface area contributed by atoms with Crippen molar-refractivity contribution in [3.63, 3.8) is 0 Å². The Morgan fingerprint density at radius 2 is 1.30 bits per heavy atom. The van der Waals surface area contributed by atoms with Gasteiger partial charge in [0.05, 0.1) is 0 Å². The molecule has 0 bridgehead atoms. The van der Waals surface area contributed by atoms with Gasteiger partial charge in [0.2, 0.25) is 0 Å². The van der Waals surface area contributed by atoms with E-state index >= 15 is 0 Å². The number of hydrogen-bond donors (Lipinski definition) is 0. The van der Waals surface area contributed by atoms with E-state index in [1.165, 1.54) is 5.39 Å². The van der Waals surface area contributed by atoms with Crippen LogP contribution in [-0.4, -0.2) is 0 Å². The first-order valence-electron chi connectivity index (χ1n) is 6.36. The zero-order valence-electron chi connectivity index (χ0n) is 10.7. The van der Waals surface area contributed by atoms with Crippen molar-refractivity contribution in [3.05, 3.63) is 88.4 Å². The van der Waals surface area contributed by atoms with Crippen molar-refractivity contribution in [2.24, 2.45) is 0 Å². The van der Waals surface area contributed by atoms with Crippen molar-refractivity contribution < 1.29 is 0 Å². The molecule has 0 nitrogen and oxygen atoms in total. The van der Waals surface area contributed by atoms with Crippen molar-refractivity contribution in [3.8, 4) is 0 Å². The van der Waals surface area contributed by atoms with Crippen molar-refractivity contribution >= 4 is 39.5 Å². The van der Waals surface area contributed by atoms with Gasteiger partial charge in [-0.2, -0.15) is 0 Å². The van der Waals surface area contributed by atoms with Crippen LogP contribution in [0.1, 0.15) is 11.1 Å². The van der Waals surface area contributed by atoms with Gasteiger partial charge in [-0.1, -0.05) is 96.0 Å². The predicted molar refractivity (Wildman–Crippen MR) is 88.1 cm³/mol. The Bertz CT molecular complexity index is 764. The second kappa shape index (κ2) is 5.70. The molecule has 0 aliphatic carbocycles. The number of benzene rings is 3. The minimum atomic E-state index is 0.285. The highest BCUT2D eigenvalue weighted by molar-refractivity contribution is 6.59. The summed E-state index contributed by atoms with van der Waals surface area (Å²) in [7, 11) is 0. The van der Waals surface area contributed by atoms with Crippen molar-refractivity contribution in [2.45, 2.75) is 0 Å². The van der Waals surface area contributed by atoms with Gasteiger partial charge in [0, 0.05) is 5.57 Å². The summed E-state index contributed by atoms with van der Waals surface area (Å²) in [5.74, 6) is 0. The molecular formula is C18H12Cl2. The molecule has 0 saturated heterocycles. The largest absolute Gasteiger partial charge is 0.115 e. The molecule has 2 heteroatoms. The third kappa shape index (κ3) is 2.45. The number of halogens is 2. The van der Waals surface area contributed by atoms with Gasteiger partial charge in [-0.25, -0.2) is 0 Å². The average molecular weight is 299 g/mol. The molecule has 0 aliphatic rings. The standard InChI is InChI=1S/C18H12Cl2/c19-18(20)17(14-8-2-1-3-9-14)16-12-6-10-13-7-4-5-11-15(13)16/h1-12H. The zero-order valence-corrected chi connectivity index (χ0v) is 12.2. The van der Waals surface area contributed by atoms with Gasteiger partial charge >= 0.3 is 0 Å². The quantitative estimate of drug-likeness (QED) is 0.541. The fourth-order valence-electron chi connectivity index (χ4n) is 2.41. The molecule has 3 aromatic carbocycles. The Hall–Kier alpha value is -1.76. The average Bonchev–Trinajstić information content (AvgIpc) is 2.48. The molecule has 0 fully saturated rings. The molecule has 0 heterocycles. The van der Waals surface area contributed by atoms with Gasteiger partial charge < -0.3 is 0 Å². The van der Waals surface area contributed by atoms with Crippen LogP contribution in [0.15, 0.2) is 77.3 Å². The van der Waals surface area contributed by atoms with Crippen LogP contribution in [-0.2, 0) is 0 Å². The normalized spacial score (nSPS) is 10.5. The third-order valence-corrected chi connectivity index (χ3v) is 3.69. The molecule has 0 unspecified atom stereocenters. The Morgan fingerprint density at radius 3 is 2.05 bits per heavy atom. The van der Waals surface area contributed by atoms with Crippen LogP contribution in [0.5, 0.6) is 0 Å². The first kappa shape index (κ1) is 13.2. The Kier molecular flexibility index (Phi) is 3.77. The SMILES string of the molecule is ClC(Cl)=C(c1ccccc1)c1cccc2ccccc12. The molecule has 0 atom stereocenters. The molecule has 3 rings (SSSR count). The minimum Gasteiger partial charge on any atom is -0.0702 e. The highest BCUT2D eigenvalue weighted by atomic mass is 35.5. The lowest BCUT2D eigenvalue weighted by atomic mass is 9.94. The zero-order chi connectivity index (χ0) is 13.9. The Balaban J connectivity index is 2.30. The van der Waals surface area contributed by atoms with Crippen LogP contribution in [0.4, 0.5) is 0 Å². The van der Waals surface area contributed by atoms with Crippen molar-refractivity contribution in [1.29, 1.82) is 0 Å². The topological polar surface area (TPSA) is 0 Å². The maximum Gasteiger partial charge on any atom is 0.115 e. The third-order valence-electron chi connectivity index (χ3n) is 3.31.